The molecule has 2 aromatic heterocycles. The second-order valence-electron chi connectivity index (χ2n) is 2.98. The van der Waals surface area contributed by atoms with Gasteiger partial charge in [0.25, 0.3) is 5.91 Å². The molecule has 2 aromatic rings. The first-order valence-electron chi connectivity index (χ1n) is 4.25. The van der Waals surface area contributed by atoms with E-state index in [1.165, 1.54) is 10.7 Å². The van der Waals surface area contributed by atoms with E-state index in [2.05, 4.69) is 15.4 Å². The van der Waals surface area contributed by atoms with Crippen LogP contribution < -0.4 is 16.8 Å². The number of carbonyl (C=O) groups is 1. The highest BCUT2D eigenvalue weighted by Crippen LogP contribution is 2.17. The lowest BCUT2D eigenvalue weighted by Crippen LogP contribution is -2.15. The topological polar surface area (TPSA) is 111 Å². The van der Waals surface area contributed by atoms with Crippen LogP contribution in [0.1, 0.15) is 10.5 Å². The molecule has 5 N–H and O–H groups in total. The van der Waals surface area contributed by atoms with E-state index in [0.717, 1.165) is 0 Å². The van der Waals surface area contributed by atoms with E-state index < -0.39 is 5.91 Å². The molecule has 7 nitrogen and oxygen atoms in total. The zero-order valence-electron chi connectivity index (χ0n) is 8.06. The van der Waals surface area contributed by atoms with Crippen LogP contribution in [0.25, 0.3) is 5.65 Å². The Bertz CT molecular complexity index is 531. The molecule has 0 aliphatic heterocycles. The number of nitrogen functional groups attached to an aromatic ring is 1. The van der Waals surface area contributed by atoms with E-state index in [9.17, 15) is 4.79 Å². The smallest absolute Gasteiger partial charge is 0.269 e. The Morgan fingerprint density at radius 1 is 1.60 bits per heavy atom. The third-order valence-corrected chi connectivity index (χ3v) is 2.01. The first kappa shape index (κ1) is 9.25. The molecule has 0 saturated heterocycles. The standard InChI is InChI=1S/C8H10N6O/c1-11-4-2-6(9)13-14-5(7(10)15)3-12-8(4)14/h2-3,11H,1H3,(H2,9,13)(H2,10,15). The molecule has 0 bridgehead atoms. The van der Waals surface area contributed by atoms with Crippen LogP contribution in [0.15, 0.2) is 12.3 Å². The second kappa shape index (κ2) is 3.12. The number of fused-ring (bicyclic) bond motifs is 1. The number of aromatic nitrogens is 3. The van der Waals surface area contributed by atoms with Crippen LogP contribution in [-0.2, 0) is 0 Å². The van der Waals surface area contributed by atoms with Crippen molar-refractivity contribution < 1.29 is 4.79 Å². The van der Waals surface area contributed by atoms with Gasteiger partial charge in [0.15, 0.2) is 5.65 Å². The molecule has 7 heteroatoms. The summed E-state index contributed by atoms with van der Waals surface area (Å²) in [7, 11) is 1.73. The normalized spacial score (nSPS) is 10.5. The number of anilines is 2. The lowest BCUT2D eigenvalue weighted by Gasteiger charge is -2.04. The lowest BCUT2D eigenvalue weighted by atomic mass is 10.4. The average molecular weight is 206 g/mol. The quantitative estimate of drug-likeness (QED) is 0.610. The molecule has 0 radical (unpaired) electrons. The van der Waals surface area contributed by atoms with Gasteiger partial charge >= 0.3 is 0 Å². The van der Waals surface area contributed by atoms with Gasteiger partial charge in [0.05, 0.1) is 11.9 Å². The number of amides is 1. The van der Waals surface area contributed by atoms with E-state index in [1.54, 1.807) is 13.1 Å². The van der Waals surface area contributed by atoms with Crippen LogP contribution in [0, 0.1) is 0 Å². The molecule has 0 aromatic carbocycles. The maximum atomic E-state index is 11.0. The predicted molar refractivity (Wildman–Crippen MR) is 55.5 cm³/mol. The molecular formula is C8H10N6O. The van der Waals surface area contributed by atoms with Gasteiger partial charge in [-0.05, 0) is 0 Å². The molecule has 2 rings (SSSR count). The van der Waals surface area contributed by atoms with Gasteiger partial charge in [0.2, 0.25) is 0 Å². The minimum atomic E-state index is -0.595. The summed E-state index contributed by atoms with van der Waals surface area (Å²) in [6.45, 7) is 0. The van der Waals surface area contributed by atoms with Crippen molar-refractivity contribution in [2.24, 2.45) is 5.73 Å². The first-order valence-corrected chi connectivity index (χ1v) is 4.25. The predicted octanol–water partition coefficient (Wildman–Crippen LogP) is -0.548. The van der Waals surface area contributed by atoms with E-state index in [4.69, 9.17) is 11.5 Å². The van der Waals surface area contributed by atoms with Crippen LogP contribution in [-0.4, -0.2) is 27.6 Å². The monoisotopic (exact) mass is 206 g/mol. The Balaban J connectivity index is 2.80. The molecule has 0 aliphatic carbocycles. The van der Waals surface area contributed by atoms with Crippen molar-refractivity contribution in [1.82, 2.24) is 14.6 Å². The Labute approximate surface area is 85.1 Å². The summed E-state index contributed by atoms with van der Waals surface area (Å²) in [4.78, 5) is 15.1. The van der Waals surface area contributed by atoms with Crippen molar-refractivity contribution in [2.45, 2.75) is 0 Å². The Morgan fingerprint density at radius 2 is 2.33 bits per heavy atom. The van der Waals surface area contributed by atoms with Crippen molar-refractivity contribution in [3.05, 3.63) is 18.0 Å². The van der Waals surface area contributed by atoms with Gasteiger partial charge in [-0.2, -0.15) is 0 Å². The van der Waals surface area contributed by atoms with Gasteiger partial charge in [0, 0.05) is 13.1 Å². The summed E-state index contributed by atoms with van der Waals surface area (Å²) < 4.78 is 1.32. The molecule has 0 atom stereocenters. The van der Waals surface area contributed by atoms with Gasteiger partial charge in [0.1, 0.15) is 11.5 Å². The Kier molecular flexibility index (Phi) is 1.93. The molecule has 2 heterocycles. The van der Waals surface area contributed by atoms with E-state index in [-0.39, 0.29) is 11.5 Å². The number of carbonyl (C=O) groups excluding carboxylic acids is 1. The molecule has 0 aliphatic rings. The number of nitrogens with two attached hydrogens (primary N) is 2. The van der Waals surface area contributed by atoms with Gasteiger partial charge < -0.3 is 16.8 Å². The number of rotatable bonds is 2. The molecule has 1 amide bonds. The Morgan fingerprint density at radius 3 is 2.93 bits per heavy atom. The number of nitrogens with one attached hydrogen (secondary N) is 1. The fourth-order valence-corrected chi connectivity index (χ4v) is 1.34. The average Bonchev–Trinajstić information content (AvgIpc) is 2.59. The van der Waals surface area contributed by atoms with Gasteiger partial charge in [-0.15, -0.1) is 5.10 Å². The number of hydrogen-bond acceptors (Lipinski definition) is 5. The zero-order valence-corrected chi connectivity index (χ0v) is 8.06. The van der Waals surface area contributed by atoms with Gasteiger partial charge in [-0.25, -0.2) is 9.50 Å². The summed E-state index contributed by atoms with van der Waals surface area (Å²) in [6, 6.07) is 1.63. The SMILES string of the molecule is CNc1cc(N)nn2c(C(N)=O)cnc12. The fraction of sp³-hybridized carbons (Fsp3) is 0.125. The second-order valence-corrected chi connectivity index (χ2v) is 2.98. The van der Waals surface area contributed by atoms with E-state index in [0.29, 0.717) is 11.3 Å². The van der Waals surface area contributed by atoms with Crippen molar-refractivity contribution >= 4 is 23.1 Å². The van der Waals surface area contributed by atoms with Crippen molar-refractivity contribution in [3.8, 4) is 0 Å². The zero-order chi connectivity index (χ0) is 11.0. The highest BCUT2D eigenvalue weighted by atomic mass is 16.1. The number of primary amides is 1. The van der Waals surface area contributed by atoms with Crippen LogP contribution in [0.3, 0.4) is 0 Å². The highest BCUT2D eigenvalue weighted by molar-refractivity contribution is 5.92. The molecule has 0 fully saturated rings. The van der Waals surface area contributed by atoms with Crippen LogP contribution in [0.5, 0.6) is 0 Å². The van der Waals surface area contributed by atoms with Gasteiger partial charge in [-0.1, -0.05) is 0 Å². The maximum Gasteiger partial charge on any atom is 0.269 e. The summed E-state index contributed by atoms with van der Waals surface area (Å²) in [5, 5.41) is 6.86. The third kappa shape index (κ3) is 1.33. The van der Waals surface area contributed by atoms with Crippen LogP contribution >= 0.6 is 0 Å². The summed E-state index contributed by atoms with van der Waals surface area (Å²) in [6.07, 6.45) is 1.37. The van der Waals surface area contributed by atoms with Gasteiger partial charge in [-0.3, -0.25) is 4.79 Å². The van der Waals surface area contributed by atoms with Crippen molar-refractivity contribution in [3.63, 3.8) is 0 Å². The molecule has 0 unspecified atom stereocenters. The fourth-order valence-electron chi connectivity index (χ4n) is 1.34. The van der Waals surface area contributed by atoms with Crippen molar-refractivity contribution in [2.75, 3.05) is 18.1 Å². The minimum Gasteiger partial charge on any atom is -0.385 e. The molecule has 0 spiro atoms. The number of nitrogens with zero attached hydrogens (tertiary/aromatic N) is 3. The number of hydrogen-bond donors (Lipinski definition) is 3. The van der Waals surface area contributed by atoms with Crippen LogP contribution in [0.4, 0.5) is 11.5 Å². The highest BCUT2D eigenvalue weighted by Gasteiger charge is 2.12. The molecule has 0 saturated carbocycles. The van der Waals surface area contributed by atoms with E-state index >= 15 is 0 Å². The minimum absolute atomic E-state index is 0.203. The maximum absolute atomic E-state index is 11.0. The largest absolute Gasteiger partial charge is 0.385 e. The van der Waals surface area contributed by atoms with E-state index in [1.807, 2.05) is 0 Å². The molecular weight excluding hydrogens is 196 g/mol. The Hall–Kier alpha value is -2.31. The third-order valence-electron chi connectivity index (χ3n) is 2.01. The number of imidazole rings is 1. The summed E-state index contributed by atoms with van der Waals surface area (Å²) in [5.74, 6) is -0.310. The van der Waals surface area contributed by atoms with Crippen molar-refractivity contribution in [1.29, 1.82) is 0 Å². The first-order chi connectivity index (χ1) is 7.13. The lowest BCUT2D eigenvalue weighted by molar-refractivity contribution is 0.0993. The summed E-state index contributed by atoms with van der Waals surface area (Å²) in [5.41, 5.74) is 12.1. The summed E-state index contributed by atoms with van der Waals surface area (Å²) >= 11 is 0. The molecule has 78 valence electrons. The van der Waals surface area contributed by atoms with Crippen LogP contribution in [0.2, 0.25) is 0 Å². The molecule has 15 heavy (non-hydrogen) atoms.